The highest BCUT2D eigenvalue weighted by Crippen LogP contribution is 2.27. The molecule has 2 saturated heterocycles. The molecule has 2 aliphatic rings. The van der Waals surface area contributed by atoms with Crippen molar-refractivity contribution in [3.63, 3.8) is 0 Å². The standard InChI is InChI=1S/C9H15N3O3/c10-3-4-12-7(13)9(11-8(12)14)1-5-15-6-2-9/h1-6,10H2,(H,11,14). The van der Waals surface area contributed by atoms with Gasteiger partial charge in [-0.05, 0) is 0 Å². The fourth-order valence-electron chi connectivity index (χ4n) is 2.07. The van der Waals surface area contributed by atoms with Crippen LogP contribution in [-0.2, 0) is 9.53 Å². The summed E-state index contributed by atoms with van der Waals surface area (Å²) < 4.78 is 5.19. The molecule has 0 aliphatic carbocycles. The third-order valence-corrected chi connectivity index (χ3v) is 2.94. The highest BCUT2D eigenvalue weighted by atomic mass is 16.5. The minimum atomic E-state index is -0.718. The van der Waals surface area contributed by atoms with Crippen LogP contribution < -0.4 is 11.1 Å². The summed E-state index contributed by atoms with van der Waals surface area (Å²) in [5.41, 5.74) is 4.63. The molecule has 2 fully saturated rings. The van der Waals surface area contributed by atoms with Gasteiger partial charge in [-0.25, -0.2) is 4.79 Å². The summed E-state index contributed by atoms with van der Waals surface area (Å²) >= 11 is 0. The maximum atomic E-state index is 12.0. The smallest absolute Gasteiger partial charge is 0.325 e. The van der Waals surface area contributed by atoms with E-state index in [-0.39, 0.29) is 18.5 Å². The van der Waals surface area contributed by atoms with Gasteiger partial charge in [-0.15, -0.1) is 0 Å². The Bertz CT molecular complexity index is 286. The van der Waals surface area contributed by atoms with Gasteiger partial charge in [-0.1, -0.05) is 0 Å². The third-order valence-electron chi connectivity index (χ3n) is 2.94. The number of imide groups is 1. The molecule has 0 aromatic carbocycles. The second-order valence-electron chi connectivity index (χ2n) is 3.87. The van der Waals surface area contributed by atoms with Gasteiger partial charge in [0.2, 0.25) is 0 Å². The van der Waals surface area contributed by atoms with Crippen molar-refractivity contribution in [2.24, 2.45) is 5.73 Å². The zero-order valence-electron chi connectivity index (χ0n) is 8.49. The van der Waals surface area contributed by atoms with E-state index in [2.05, 4.69) is 5.32 Å². The van der Waals surface area contributed by atoms with E-state index < -0.39 is 5.54 Å². The van der Waals surface area contributed by atoms with Crippen LogP contribution in [0.3, 0.4) is 0 Å². The van der Waals surface area contributed by atoms with Gasteiger partial charge in [0.25, 0.3) is 5.91 Å². The van der Waals surface area contributed by atoms with Crippen LogP contribution in [0.5, 0.6) is 0 Å². The number of nitrogens with two attached hydrogens (primary N) is 1. The number of hydrogen-bond acceptors (Lipinski definition) is 4. The number of amides is 3. The van der Waals surface area contributed by atoms with E-state index in [1.807, 2.05) is 0 Å². The first kappa shape index (κ1) is 10.4. The van der Waals surface area contributed by atoms with Crippen molar-refractivity contribution in [3.8, 4) is 0 Å². The lowest BCUT2D eigenvalue weighted by atomic mass is 9.90. The Balaban J connectivity index is 2.15. The second kappa shape index (κ2) is 3.79. The second-order valence-corrected chi connectivity index (χ2v) is 3.87. The van der Waals surface area contributed by atoms with E-state index in [0.29, 0.717) is 32.6 Å². The van der Waals surface area contributed by atoms with Crippen LogP contribution >= 0.6 is 0 Å². The van der Waals surface area contributed by atoms with Gasteiger partial charge in [0.1, 0.15) is 5.54 Å². The van der Waals surface area contributed by atoms with Gasteiger partial charge in [0, 0.05) is 39.1 Å². The van der Waals surface area contributed by atoms with Crippen molar-refractivity contribution in [2.75, 3.05) is 26.3 Å². The zero-order chi connectivity index (χ0) is 10.9. The Morgan fingerprint density at radius 2 is 2.07 bits per heavy atom. The summed E-state index contributed by atoms with van der Waals surface area (Å²) in [7, 11) is 0. The number of carbonyl (C=O) groups excluding carboxylic acids is 2. The minimum Gasteiger partial charge on any atom is -0.381 e. The van der Waals surface area contributed by atoms with Gasteiger partial charge < -0.3 is 15.8 Å². The van der Waals surface area contributed by atoms with Gasteiger partial charge in [0.05, 0.1) is 0 Å². The SMILES string of the molecule is NCCN1C(=O)NC2(CCOCC2)C1=O. The summed E-state index contributed by atoms with van der Waals surface area (Å²) in [4.78, 5) is 24.8. The lowest BCUT2D eigenvalue weighted by Crippen LogP contribution is -2.51. The summed E-state index contributed by atoms with van der Waals surface area (Å²) in [6, 6.07) is -0.327. The maximum Gasteiger partial charge on any atom is 0.325 e. The molecule has 6 heteroatoms. The fraction of sp³-hybridized carbons (Fsp3) is 0.778. The molecule has 6 nitrogen and oxygen atoms in total. The summed E-state index contributed by atoms with van der Waals surface area (Å²) in [5.74, 6) is -0.152. The Morgan fingerprint density at radius 3 is 2.67 bits per heavy atom. The number of carbonyl (C=O) groups is 2. The first-order valence-corrected chi connectivity index (χ1v) is 5.11. The van der Waals surface area contributed by atoms with Crippen LogP contribution in [0.4, 0.5) is 4.79 Å². The molecule has 84 valence electrons. The van der Waals surface area contributed by atoms with Crippen molar-refractivity contribution in [1.29, 1.82) is 0 Å². The summed E-state index contributed by atoms with van der Waals surface area (Å²) in [6.07, 6.45) is 1.11. The van der Waals surface area contributed by atoms with Crippen LogP contribution in [0, 0.1) is 0 Å². The van der Waals surface area contributed by atoms with E-state index >= 15 is 0 Å². The molecule has 0 unspecified atom stereocenters. The van der Waals surface area contributed by atoms with E-state index in [9.17, 15) is 9.59 Å². The lowest BCUT2D eigenvalue weighted by molar-refractivity contribution is -0.134. The van der Waals surface area contributed by atoms with Crippen LogP contribution in [-0.4, -0.2) is 48.7 Å². The number of nitrogens with zero attached hydrogens (tertiary/aromatic N) is 1. The van der Waals surface area contributed by atoms with E-state index in [4.69, 9.17) is 10.5 Å². The van der Waals surface area contributed by atoms with Crippen molar-refractivity contribution < 1.29 is 14.3 Å². The molecular weight excluding hydrogens is 198 g/mol. The summed E-state index contributed by atoms with van der Waals surface area (Å²) in [5, 5.41) is 2.76. The van der Waals surface area contributed by atoms with E-state index in [0.717, 1.165) is 0 Å². The van der Waals surface area contributed by atoms with Crippen molar-refractivity contribution in [3.05, 3.63) is 0 Å². The van der Waals surface area contributed by atoms with Crippen LogP contribution in [0.2, 0.25) is 0 Å². The van der Waals surface area contributed by atoms with E-state index in [1.54, 1.807) is 0 Å². The first-order valence-electron chi connectivity index (χ1n) is 5.11. The van der Waals surface area contributed by atoms with Crippen molar-refractivity contribution >= 4 is 11.9 Å². The molecular formula is C9H15N3O3. The van der Waals surface area contributed by atoms with Crippen LogP contribution in [0.15, 0.2) is 0 Å². The molecule has 0 aromatic rings. The highest BCUT2D eigenvalue weighted by Gasteiger charge is 2.51. The molecule has 1 spiro atoms. The fourth-order valence-corrected chi connectivity index (χ4v) is 2.07. The molecule has 0 saturated carbocycles. The summed E-state index contributed by atoms with van der Waals surface area (Å²) in [6.45, 7) is 1.62. The average molecular weight is 213 g/mol. The molecule has 2 rings (SSSR count). The number of nitrogens with one attached hydrogen (secondary N) is 1. The topological polar surface area (TPSA) is 84.7 Å². The van der Waals surface area contributed by atoms with Gasteiger partial charge in [-0.2, -0.15) is 0 Å². The van der Waals surface area contributed by atoms with Gasteiger partial charge in [0.15, 0.2) is 0 Å². The zero-order valence-corrected chi connectivity index (χ0v) is 8.49. The van der Waals surface area contributed by atoms with Gasteiger partial charge >= 0.3 is 6.03 Å². The normalized spacial score (nSPS) is 24.7. The predicted molar refractivity (Wildman–Crippen MR) is 52.1 cm³/mol. The number of rotatable bonds is 2. The Morgan fingerprint density at radius 1 is 1.40 bits per heavy atom. The van der Waals surface area contributed by atoms with E-state index in [1.165, 1.54) is 4.90 Å². The first-order chi connectivity index (χ1) is 7.19. The van der Waals surface area contributed by atoms with Gasteiger partial charge in [-0.3, -0.25) is 9.69 Å². The minimum absolute atomic E-state index is 0.152. The lowest BCUT2D eigenvalue weighted by Gasteiger charge is -2.30. The average Bonchev–Trinajstić information content (AvgIpc) is 2.45. The molecule has 15 heavy (non-hydrogen) atoms. The van der Waals surface area contributed by atoms with Crippen LogP contribution in [0.1, 0.15) is 12.8 Å². The largest absolute Gasteiger partial charge is 0.381 e. The maximum absolute atomic E-state index is 12.0. The monoisotopic (exact) mass is 213 g/mol. The molecule has 0 aromatic heterocycles. The Hall–Kier alpha value is -1.14. The Kier molecular flexibility index (Phi) is 2.62. The molecule has 3 N–H and O–H groups in total. The van der Waals surface area contributed by atoms with Crippen molar-refractivity contribution in [1.82, 2.24) is 10.2 Å². The predicted octanol–water partition coefficient (Wildman–Crippen LogP) is -0.954. The number of hydrogen-bond donors (Lipinski definition) is 2. The molecule has 3 amide bonds. The third kappa shape index (κ3) is 1.59. The Labute approximate surface area is 87.7 Å². The number of ether oxygens (including phenoxy) is 1. The quantitative estimate of drug-likeness (QED) is 0.579. The molecule has 0 atom stereocenters. The molecule has 0 radical (unpaired) electrons. The number of urea groups is 1. The molecule has 0 bridgehead atoms. The molecule has 2 aliphatic heterocycles. The molecule has 2 heterocycles. The van der Waals surface area contributed by atoms with Crippen LogP contribution in [0.25, 0.3) is 0 Å². The van der Waals surface area contributed by atoms with Crippen molar-refractivity contribution in [2.45, 2.75) is 18.4 Å². The highest BCUT2D eigenvalue weighted by molar-refractivity contribution is 6.07.